The van der Waals surface area contributed by atoms with Crippen molar-refractivity contribution in [1.82, 2.24) is 9.97 Å². The lowest BCUT2D eigenvalue weighted by Gasteiger charge is -2.19. The Morgan fingerprint density at radius 3 is 2.53 bits per heavy atom. The van der Waals surface area contributed by atoms with Gasteiger partial charge in [-0.1, -0.05) is 43.4 Å². The van der Waals surface area contributed by atoms with E-state index in [1.807, 2.05) is 48.7 Å². The third-order valence-corrected chi connectivity index (χ3v) is 6.71. The van der Waals surface area contributed by atoms with Crippen LogP contribution in [0.3, 0.4) is 0 Å². The van der Waals surface area contributed by atoms with Gasteiger partial charge < -0.3 is 0 Å². The molecule has 0 bridgehead atoms. The van der Waals surface area contributed by atoms with Crippen molar-refractivity contribution in [2.75, 3.05) is 11.2 Å². The monoisotopic (exact) mass is 433 g/mol. The highest BCUT2D eigenvalue weighted by atomic mass is 32.2. The largest absolute Gasteiger partial charge is 0.278 e. The first kappa shape index (κ1) is 20.6. The minimum Gasteiger partial charge on any atom is -0.278 e. The van der Waals surface area contributed by atoms with Crippen molar-refractivity contribution in [3.8, 4) is 0 Å². The molecular weight excluding hydrogens is 410 g/mol. The number of nitrogens with zero attached hydrogens (tertiary/aromatic N) is 3. The average molecular weight is 434 g/mol. The second-order valence-electron chi connectivity index (χ2n) is 7.29. The summed E-state index contributed by atoms with van der Waals surface area (Å²) in [4.78, 5) is 25.7. The minimum absolute atomic E-state index is 0.0709. The van der Waals surface area contributed by atoms with E-state index >= 15 is 0 Å². The van der Waals surface area contributed by atoms with E-state index in [0.717, 1.165) is 20.8 Å². The van der Waals surface area contributed by atoms with Gasteiger partial charge in [0.25, 0.3) is 5.91 Å². The molecule has 2 aromatic carbocycles. The number of benzene rings is 2. The molecular formula is C24H23N3OS2. The molecule has 0 spiro atoms. The van der Waals surface area contributed by atoms with Crippen LogP contribution in [0.1, 0.15) is 41.4 Å². The first-order valence-corrected chi connectivity index (χ1v) is 11.9. The molecule has 0 radical (unpaired) electrons. The van der Waals surface area contributed by atoms with E-state index in [0.29, 0.717) is 23.2 Å². The Labute approximate surface area is 185 Å². The molecule has 2 aromatic heterocycles. The van der Waals surface area contributed by atoms with E-state index in [2.05, 4.69) is 37.0 Å². The van der Waals surface area contributed by atoms with Gasteiger partial charge in [0.15, 0.2) is 5.13 Å². The Bertz CT molecular complexity index is 1150. The predicted octanol–water partition coefficient (Wildman–Crippen LogP) is 6.38. The van der Waals surface area contributed by atoms with Gasteiger partial charge in [-0.2, -0.15) is 0 Å². The normalized spacial score (nSPS) is 11.2. The molecule has 6 heteroatoms. The van der Waals surface area contributed by atoms with Gasteiger partial charge in [-0.05, 0) is 60.2 Å². The van der Waals surface area contributed by atoms with Crippen LogP contribution in [-0.4, -0.2) is 22.1 Å². The van der Waals surface area contributed by atoms with E-state index in [4.69, 9.17) is 4.98 Å². The Morgan fingerprint density at radius 2 is 1.87 bits per heavy atom. The minimum atomic E-state index is -0.0709. The van der Waals surface area contributed by atoms with Crippen LogP contribution in [0.25, 0.3) is 10.2 Å². The molecule has 0 aliphatic heterocycles. The van der Waals surface area contributed by atoms with Crippen LogP contribution in [0.4, 0.5) is 5.13 Å². The highest BCUT2D eigenvalue weighted by Gasteiger charge is 2.23. The van der Waals surface area contributed by atoms with Crippen LogP contribution in [0.2, 0.25) is 0 Å². The van der Waals surface area contributed by atoms with Crippen molar-refractivity contribution in [2.45, 2.75) is 31.2 Å². The lowest BCUT2D eigenvalue weighted by Crippen LogP contribution is -2.30. The maximum absolute atomic E-state index is 13.5. The molecule has 0 N–H and O–H groups in total. The zero-order chi connectivity index (χ0) is 21.1. The molecule has 4 nitrogen and oxygen atoms in total. The third kappa shape index (κ3) is 4.25. The second-order valence-corrected chi connectivity index (χ2v) is 9.17. The summed E-state index contributed by atoms with van der Waals surface area (Å²) >= 11 is 3.21. The smallest absolute Gasteiger partial charge is 0.260 e. The van der Waals surface area contributed by atoms with Crippen molar-refractivity contribution in [1.29, 1.82) is 0 Å². The van der Waals surface area contributed by atoms with E-state index in [9.17, 15) is 4.79 Å². The van der Waals surface area contributed by atoms with E-state index in [-0.39, 0.29) is 5.91 Å². The number of carbonyl (C=O) groups is 1. The molecule has 0 unspecified atom stereocenters. The standard InChI is InChI=1S/C24H23N3OS2/c1-16(2)20-8-6-9-21-22(20)26-24(30-21)27(15-18-7-4-5-14-25-18)23(28)17-10-12-19(29-3)13-11-17/h4-14,16H,15H2,1-3H3. The lowest BCUT2D eigenvalue weighted by molar-refractivity contribution is 0.0984. The summed E-state index contributed by atoms with van der Waals surface area (Å²) in [6, 6.07) is 19.7. The number of fused-ring (bicyclic) bond motifs is 1. The number of anilines is 1. The number of pyridine rings is 1. The van der Waals surface area contributed by atoms with Gasteiger partial charge in [-0.25, -0.2) is 4.98 Å². The van der Waals surface area contributed by atoms with E-state index in [1.165, 1.54) is 5.56 Å². The van der Waals surface area contributed by atoms with Gasteiger partial charge in [0, 0.05) is 16.7 Å². The van der Waals surface area contributed by atoms with Crippen molar-refractivity contribution in [3.05, 3.63) is 83.7 Å². The molecule has 30 heavy (non-hydrogen) atoms. The number of hydrogen-bond acceptors (Lipinski definition) is 5. The maximum atomic E-state index is 13.5. The molecule has 0 saturated heterocycles. The van der Waals surface area contributed by atoms with Crippen LogP contribution in [0.5, 0.6) is 0 Å². The fourth-order valence-electron chi connectivity index (χ4n) is 3.31. The molecule has 4 aromatic rings. The Hall–Kier alpha value is -2.70. The van der Waals surface area contributed by atoms with Crippen molar-refractivity contribution >= 4 is 44.4 Å². The Kier molecular flexibility index (Phi) is 6.16. The number of amides is 1. The van der Waals surface area contributed by atoms with Crippen molar-refractivity contribution in [3.63, 3.8) is 0 Å². The number of para-hydroxylation sites is 1. The van der Waals surface area contributed by atoms with Crippen molar-refractivity contribution < 1.29 is 4.79 Å². The summed E-state index contributed by atoms with van der Waals surface area (Å²) in [5.41, 5.74) is 3.65. The van der Waals surface area contributed by atoms with Crippen LogP contribution in [0, 0.1) is 0 Å². The summed E-state index contributed by atoms with van der Waals surface area (Å²) in [6.45, 7) is 4.70. The Morgan fingerprint density at radius 1 is 1.07 bits per heavy atom. The SMILES string of the molecule is CSc1ccc(C(=O)N(Cc2ccccn2)c2nc3c(C(C)C)cccc3s2)cc1. The molecule has 0 fully saturated rings. The number of carbonyl (C=O) groups excluding carboxylic acids is 1. The molecule has 1 amide bonds. The maximum Gasteiger partial charge on any atom is 0.260 e. The highest BCUT2D eigenvalue weighted by molar-refractivity contribution is 7.98. The Balaban J connectivity index is 1.77. The third-order valence-electron chi connectivity index (χ3n) is 4.92. The number of thiazole rings is 1. The fourth-order valence-corrected chi connectivity index (χ4v) is 4.72. The number of thioether (sulfide) groups is 1. The first-order valence-electron chi connectivity index (χ1n) is 9.82. The predicted molar refractivity (Wildman–Crippen MR) is 127 cm³/mol. The average Bonchev–Trinajstić information content (AvgIpc) is 3.21. The molecule has 4 rings (SSSR count). The van der Waals surface area contributed by atoms with E-state index < -0.39 is 0 Å². The van der Waals surface area contributed by atoms with Gasteiger partial charge in [-0.15, -0.1) is 11.8 Å². The van der Waals surface area contributed by atoms with Gasteiger partial charge in [0.05, 0.1) is 22.5 Å². The lowest BCUT2D eigenvalue weighted by atomic mass is 10.0. The summed E-state index contributed by atoms with van der Waals surface area (Å²) in [5.74, 6) is 0.293. The quantitative estimate of drug-likeness (QED) is 0.331. The molecule has 152 valence electrons. The fraction of sp³-hybridized carbons (Fsp3) is 0.208. The highest BCUT2D eigenvalue weighted by Crippen LogP contribution is 2.34. The summed E-state index contributed by atoms with van der Waals surface area (Å²) < 4.78 is 1.09. The zero-order valence-corrected chi connectivity index (χ0v) is 18.8. The van der Waals surface area contributed by atoms with Crippen LogP contribution < -0.4 is 4.90 Å². The molecule has 2 heterocycles. The number of aromatic nitrogens is 2. The number of rotatable bonds is 6. The molecule has 0 atom stereocenters. The summed E-state index contributed by atoms with van der Waals surface area (Å²) in [5, 5.41) is 0.697. The van der Waals surface area contributed by atoms with Crippen LogP contribution >= 0.6 is 23.1 Å². The van der Waals surface area contributed by atoms with E-state index in [1.54, 1.807) is 34.2 Å². The van der Waals surface area contributed by atoms with Gasteiger partial charge in [0.1, 0.15) is 0 Å². The summed E-state index contributed by atoms with van der Waals surface area (Å²) in [6.07, 6.45) is 3.78. The molecule has 0 aliphatic carbocycles. The van der Waals surface area contributed by atoms with Crippen molar-refractivity contribution in [2.24, 2.45) is 0 Å². The molecule has 0 aliphatic rings. The summed E-state index contributed by atoms with van der Waals surface area (Å²) in [7, 11) is 0. The first-order chi connectivity index (χ1) is 14.6. The van der Waals surface area contributed by atoms with Gasteiger partial charge in [-0.3, -0.25) is 14.7 Å². The number of hydrogen-bond donors (Lipinski definition) is 0. The second kappa shape index (κ2) is 8.98. The van der Waals surface area contributed by atoms with Gasteiger partial charge >= 0.3 is 0 Å². The van der Waals surface area contributed by atoms with Gasteiger partial charge in [0.2, 0.25) is 0 Å². The zero-order valence-electron chi connectivity index (χ0n) is 17.2. The topological polar surface area (TPSA) is 46.1 Å². The van der Waals surface area contributed by atoms with Crippen LogP contribution in [0.15, 0.2) is 71.8 Å². The molecule has 0 saturated carbocycles. The van der Waals surface area contributed by atoms with Crippen LogP contribution in [-0.2, 0) is 6.54 Å².